The van der Waals surface area contributed by atoms with E-state index in [9.17, 15) is 18.0 Å². The first-order valence-electron chi connectivity index (χ1n) is 12.3. The molecule has 0 bridgehead atoms. The minimum absolute atomic E-state index is 0.116. The first-order valence-corrected chi connectivity index (χ1v) is 13.9. The zero-order chi connectivity index (χ0) is 27.0. The summed E-state index contributed by atoms with van der Waals surface area (Å²) in [4.78, 5) is 27.9. The molecule has 1 aliphatic rings. The highest BCUT2D eigenvalue weighted by molar-refractivity contribution is 7.92. The van der Waals surface area contributed by atoms with E-state index < -0.39 is 28.5 Å². The van der Waals surface area contributed by atoms with Gasteiger partial charge in [0, 0.05) is 19.2 Å². The lowest BCUT2D eigenvalue weighted by Crippen LogP contribution is -2.51. The van der Waals surface area contributed by atoms with Gasteiger partial charge in [-0.1, -0.05) is 19.1 Å². The molecular weight excluding hydrogens is 498 g/mol. The highest BCUT2D eigenvalue weighted by atomic mass is 32.2. The number of nitrogens with one attached hydrogen (secondary N) is 1. The molecule has 10 nitrogen and oxygen atoms in total. The second-order valence-electron chi connectivity index (χ2n) is 8.57. The molecule has 2 aromatic carbocycles. The van der Waals surface area contributed by atoms with Crippen LogP contribution in [-0.2, 0) is 26.2 Å². The third kappa shape index (κ3) is 7.06. The quantitative estimate of drug-likeness (QED) is 0.446. The number of carbonyl (C=O) groups excluding carboxylic acids is 2. The van der Waals surface area contributed by atoms with E-state index in [-0.39, 0.29) is 23.9 Å². The summed E-state index contributed by atoms with van der Waals surface area (Å²) in [7, 11) is -2.28. The molecule has 2 amide bonds. The van der Waals surface area contributed by atoms with Crippen LogP contribution in [0.2, 0.25) is 0 Å². The van der Waals surface area contributed by atoms with E-state index in [0.29, 0.717) is 37.0 Å². The van der Waals surface area contributed by atoms with Crippen molar-refractivity contribution < 1.29 is 32.2 Å². The van der Waals surface area contributed by atoms with Gasteiger partial charge in [-0.25, -0.2) is 8.42 Å². The minimum atomic E-state index is -3.84. The van der Waals surface area contributed by atoms with Crippen LogP contribution in [0.3, 0.4) is 0 Å². The number of hydrogen-bond acceptors (Lipinski definition) is 7. The molecule has 2 aromatic rings. The number of ether oxygens (including phenoxy) is 3. The smallest absolute Gasteiger partial charge is 0.244 e. The summed E-state index contributed by atoms with van der Waals surface area (Å²) in [6.07, 6.45) is 0.748. The van der Waals surface area contributed by atoms with Gasteiger partial charge in [0.1, 0.15) is 31.5 Å². The summed E-state index contributed by atoms with van der Waals surface area (Å²) in [5.41, 5.74) is 1.06. The second kappa shape index (κ2) is 12.7. The van der Waals surface area contributed by atoms with Crippen molar-refractivity contribution in [2.24, 2.45) is 0 Å². The Morgan fingerprint density at radius 2 is 1.73 bits per heavy atom. The lowest BCUT2D eigenvalue weighted by molar-refractivity contribution is -0.139. The minimum Gasteiger partial charge on any atom is -0.497 e. The molecule has 11 heteroatoms. The predicted molar refractivity (Wildman–Crippen MR) is 141 cm³/mol. The molecule has 0 saturated carbocycles. The van der Waals surface area contributed by atoms with E-state index in [1.165, 1.54) is 11.8 Å². The lowest BCUT2D eigenvalue weighted by atomic mass is 10.1. The SMILES string of the molecule is CCCNC(=O)[C@H](C)N(Cc1ccc(OC)cc1)C(=O)CN(c1ccc2c(c1)OCCO2)S(=O)(=O)CC. The lowest BCUT2D eigenvalue weighted by Gasteiger charge is -2.32. The van der Waals surface area contributed by atoms with Gasteiger partial charge in [0.25, 0.3) is 0 Å². The highest BCUT2D eigenvalue weighted by Gasteiger charge is 2.31. The van der Waals surface area contributed by atoms with Crippen LogP contribution in [0.5, 0.6) is 17.2 Å². The number of carbonyl (C=O) groups is 2. The number of methoxy groups -OCH3 is 1. The predicted octanol–water partition coefficient (Wildman–Crippen LogP) is 2.57. The van der Waals surface area contributed by atoms with E-state index >= 15 is 0 Å². The van der Waals surface area contributed by atoms with Crippen LogP contribution in [0.25, 0.3) is 0 Å². The normalized spacial score (nSPS) is 13.4. The summed E-state index contributed by atoms with van der Waals surface area (Å²) in [6.45, 7) is 5.95. The maximum atomic E-state index is 13.7. The van der Waals surface area contributed by atoms with Crippen LogP contribution < -0.4 is 23.8 Å². The summed E-state index contributed by atoms with van der Waals surface area (Å²) in [6, 6.07) is 11.1. The van der Waals surface area contributed by atoms with Crippen molar-refractivity contribution >= 4 is 27.5 Å². The maximum Gasteiger partial charge on any atom is 0.244 e. The Bertz CT molecular complexity index is 1190. The summed E-state index contributed by atoms with van der Waals surface area (Å²) >= 11 is 0. The number of amides is 2. The molecule has 1 heterocycles. The largest absolute Gasteiger partial charge is 0.497 e. The Labute approximate surface area is 218 Å². The van der Waals surface area contributed by atoms with Crippen molar-refractivity contribution in [2.45, 2.75) is 39.8 Å². The Morgan fingerprint density at radius 1 is 1.05 bits per heavy atom. The standard InChI is InChI=1S/C26H35N3O7S/c1-5-13-27-26(31)19(3)28(17-20-7-10-22(34-4)11-8-20)25(30)18-29(37(32,33)6-2)21-9-12-23-24(16-21)36-15-14-35-23/h7-12,16,19H,5-6,13-15,17-18H2,1-4H3,(H,27,31)/t19-/m0/s1. The average molecular weight is 534 g/mol. The van der Waals surface area contributed by atoms with E-state index in [1.54, 1.807) is 56.5 Å². The molecule has 202 valence electrons. The third-order valence-corrected chi connectivity index (χ3v) is 7.76. The topological polar surface area (TPSA) is 114 Å². The zero-order valence-electron chi connectivity index (χ0n) is 21.7. The Balaban J connectivity index is 1.92. The number of anilines is 1. The average Bonchev–Trinajstić information content (AvgIpc) is 2.92. The molecular formula is C26H35N3O7S. The van der Waals surface area contributed by atoms with E-state index in [4.69, 9.17) is 14.2 Å². The summed E-state index contributed by atoms with van der Waals surface area (Å²) in [5.74, 6) is 0.552. The molecule has 0 saturated heterocycles. The Morgan fingerprint density at radius 3 is 2.35 bits per heavy atom. The molecule has 1 aliphatic heterocycles. The number of nitrogens with zero attached hydrogens (tertiary/aromatic N) is 2. The van der Waals surface area contributed by atoms with Gasteiger partial charge in [-0.2, -0.15) is 0 Å². The van der Waals surface area contributed by atoms with Gasteiger partial charge in [-0.05, 0) is 50.1 Å². The van der Waals surface area contributed by atoms with Gasteiger partial charge in [-0.15, -0.1) is 0 Å². The fourth-order valence-corrected chi connectivity index (χ4v) is 4.87. The van der Waals surface area contributed by atoms with Gasteiger partial charge < -0.3 is 24.4 Å². The van der Waals surface area contributed by atoms with Crippen LogP contribution >= 0.6 is 0 Å². The van der Waals surface area contributed by atoms with E-state index in [2.05, 4.69) is 5.32 Å². The van der Waals surface area contributed by atoms with Gasteiger partial charge in [0.05, 0.1) is 18.6 Å². The molecule has 0 radical (unpaired) electrons. The van der Waals surface area contributed by atoms with Crippen molar-refractivity contribution in [2.75, 3.05) is 43.5 Å². The molecule has 0 spiro atoms. The molecule has 0 unspecified atom stereocenters. The highest BCUT2D eigenvalue weighted by Crippen LogP contribution is 2.35. The molecule has 37 heavy (non-hydrogen) atoms. The van der Waals surface area contributed by atoms with Crippen molar-refractivity contribution in [3.05, 3.63) is 48.0 Å². The Kier molecular flexibility index (Phi) is 9.62. The van der Waals surface area contributed by atoms with Crippen molar-refractivity contribution in [1.29, 1.82) is 0 Å². The summed E-state index contributed by atoms with van der Waals surface area (Å²) < 4.78 is 43.6. The fourth-order valence-electron chi connectivity index (χ4n) is 3.81. The number of hydrogen-bond donors (Lipinski definition) is 1. The number of sulfonamides is 1. The molecule has 0 aliphatic carbocycles. The summed E-state index contributed by atoms with van der Waals surface area (Å²) in [5, 5.41) is 2.82. The first-order chi connectivity index (χ1) is 17.7. The molecule has 3 rings (SSSR count). The van der Waals surface area contributed by atoms with Crippen LogP contribution in [0.1, 0.15) is 32.8 Å². The zero-order valence-corrected chi connectivity index (χ0v) is 22.5. The van der Waals surface area contributed by atoms with Gasteiger partial charge in [-0.3, -0.25) is 13.9 Å². The molecule has 1 N–H and O–H groups in total. The molecule has 0 aromatic heterocycles. The third-order valence-electron chi connectivity index (χ3n) is 6.02. The second-order valence-corrected chi connectivity index (χ2v) is 10.8. The van der Waals surface area contributed by atoms with Crippen LogP contribution in [0.4, 0.5) is 5.69 Å². The molecule has 1 atom stereocenters. The van der Waals surface area contributed by atoms with Gasteiger partial charge in [0.15, 0.2) is 11.5 Å². The maximum absolute atomic E-state index is 13.7. The monoisotopic (exact) mass is 533 g/mol. The van der Waals surface area contributed by atoms with Crippen LogP contribution in [0, 0.1) is 0 Å². The van der Waals surface area contributed by atoms with Crippen LogP contribution in [0.15, 0.2) is 42.5 Å². The van der Waals surface area contributed by atoms with Crippen LogP contribution in [-0.4, -0.2) is 70.3 Å². The Hall–Kier alpha value is -3.47. The van der Waals surface area contributed by atoms with Gasteiger partial charge in [0.2, 0.25) is 21.8 Å². The van der Waals surface area contributed by atoms with Gasteiger partial charge >= 0.3 is 0 Å². The van der Waals surface area contributed by atoms with E-state index in [1.807, 2.05) is 6.92 Å². The number of fused-ring (bicyclic) bond motifs is 1. The number of rotatable bonds is 12. The van der Waals surface area contributed by atoms with Crippen molar-refractivity contribution in [3.63, 3.8) is 0 Å². The van der Waals surface area contributed by atoms with E-state index in [0.717, 1.165) is 16.3 Å². The first kappa shape index (κ1) is 28.1. The fraction of sp³-hybridized carbons (Fsp3) is 0.462. The number of benzene rings is 2. The molecule has 0 fully saturated rings. The van der Waals surface area contributed by atoms with Crippen molar-refractivity contribution in [3.8, 4) is 17.2 Å². The van der Waals surface area contributed by atoms with Crippen molar-refractivity contribution in [1.82, 2.24) is 10.2 Å².